The first-order chi connectivity index (χ1) is 8.75. The van der Waals surface area contributed by atoms with Crippen molar-refractivity contribution in [2.45, 2.75) is 38.7 Å². The molecule has 2 atom stereocenters. The summed E-state index contributed by atoms with van der Waals surface area (Å²) < 4.78 is 14.7. The van der Waals surface area contributed by atoms with E-state index in [9.17, 15) is 14.7 Å². The van der Waals surface area contributed by atoms with E-state index < -0.39 is 23.6 Å². The van der Waals surface area contributed by atoms with Crippen LogP contribution in [-0.2, 0) is 19.0 Å². The summed E-state index contributed by atoms with van der Waals surface area (Å²) in [6, 6.07) is 0. The molecule has 1 N–H and O–H groups in total. The molecule has 7 heteroatoms. The van der Waals surface area contributed by atoms with Gasteiger partial charge in [0.1, 0.15) is 5.70 Å². The number of methoxy groups -OCH3 is 2. The van der Waals surface area contributed by atoms with Crippen molar-refractivity contribution in [1.29, 1.82) is 0 Å². The van der Waals surface area contributed by atoms with Crippen molar-refractivity contribution >= 4 is 12.1 Å². The van der Waals surface area contributed by atoms with Crippen LogP contribution in [0.5, 0.6) is 0 Å². The highest BCUT2D eigenvalue weighted by Gasteiger charge is 2.62. The predicted octanol–water partition coefficient (Wildman–Crippen LogP) is 0.977. The molecule has 1 fully saturated rings. The van der Waals surface area contributed by atoms with E-state index in [1.54, 1.807) is 6.92 Å². The van der Waals surface area contributed by atoms with Crippen molar-refractivity contribution in [2.75, 3.05) is 14.2 Å². The Hall–Kier alpha value is -1.60. The quantitative estimate of drug-likeness (QED) is 0.607. The van der Waals surface area contributed by atoms with E-state index in [1.165, 1.54) is 34.1 Å². The predicted molar refractivity (Wildman–Crippen MR) is 64.7 cm³/mol. The lowest BCUT2D eigenvalue weighted by Crippen LogP contribution is -2.56. The SMILES string of the molecule is CC/C=C(/C(=O)OC)N1C(=O)O[C@@](C)(OC)[C@]1(C)O. The number of hydrogen-bond donors (Lipinski definition) is 1. The number of ether oxygens (including phenoxy) is 3. The molecular formula is C12H19NO6. The Morgan fingerprint density at radius 3 is 2.42 bits per heavy atom. The van der Waals surface area contributed by atoms with E-state index in [2.05, 4.69) is 4.74 Å². The summed E-state index contributed by atoms with van der Waals surface area (Å²) >= 11 is 0. The number of amides is 1. The second-order valence-corrected chi connectivity index (χ2v) is 4.36. The Morgan fingerprint density at radius 1 is 1.47 bits per heavy atom. The summed E-state index contributed by atoms with van der Waals surface area (Å²) in [4.78, 5) is 24.5. The number of aliphatic hydroxyl groups is 1. The highest BCUT2D eigenvalue weighted by molar-refractivity contribution is 5.93. The van der Waals surface area contributed by atoms with Gasteiger partial charge in [0.15, 0.2) is 0 Å². The first kappa shape index (κ1) is 15.5. The summed E-state index contributed by atoms with van der Waals surface area (Å²) in [5.74, 6) is -2.32. The van der Waals surface area contributed by atoms with Crippen molar-refractivity contribution in [3.05, 3.63) is 11.8 Å². The van der Waals surface area contributed by atoms with Crippen LogP contribution >= 0.6 is 0 Å². The molecule has 1 amide bonds. The lowest BCUT2D eigenvalue weighted by molar-refractivity contribution is -0.258. The maximum Gasteiger partial charge on any atom is 0.419 e. The number of esters is 1. The molecule has 108 valence electrons. The van der Waals surface area contributed by atoms with Crippen molar-refractivity contribution < 1.29 is 28.9 Å². The fraction of sp³-hybridized carbons (Fsp3) is 0.667. The topological polar surface area (TPSA) is 85.3 Å². The largest absolute Gasteiger partial charge is 0.464 e. The maximum atomic E-state index is 11.9. The molecule has 0 aliphatic carbocycles. The van der Waals surface area contributed by atoms with Gasteiger partial charge in [0.05, 0.1) is 7.11 Å². The number of allylic oxidation sites excluding steroid dienone is 1. The van der Waals surface area contributed by atoms with Crippen molar-refractivity contribution in [1.82, 2.24) is 4.90 Å². The summed E-state index contributed by atoms with van der Waals surface area (Å²) in [7, 11) is 2.49. The smallest absolute Gasteiger partial charge is 0.419 e. The summed E-state index contributed by atoms with van der Waals surface area (Å²) in [5, 5.41) is 10.5. The van der Waals surface area contributed by atoms with Crippen LogP contribution in [0.4, 0.5) is 4.79 Å². The maximum absolute atomic E-state index is 11.9. The minimum Gasteiger partial charge on any atom is -0.464 e. The summed E-state index contributed by atoms with van der Waals surface area (Å²) in [5.41, 5.74) is -1.92. The third-order valence-electron chi connectivity index (χ3n) is 3.18. The standard InChI is InChI=1S/C12H19NO6/c1-6-7-8(9(14)17-4)13-10(15)19-12(3,18-5)11(13,2)16/h7,16H,6H2,1-5H3/b8-7-/t11-,12+/m0/s1. The minimum absolute atomic E-state index is 0.0826. The Balaban J connectivity index is 3.28. The van der Waals surface area contributed by atoms with Crippen LogP contribution in [0.1, 0.15) is 27.2 Å². The monoisotopic (exact) mass is 273 g/mol. The van der Waals surface area contributed by atoms with Crippen LogP contribution in [0.3, 0.4) is 0 Å². The molecule has 0 aromatic heterocycles. The van der Waals surface area contributed by atoms with Crippen LogP contribution in [-0.4, -0.2) is 47.8 Å². The van der Waals surface area contributed by atoms with E-state index in [-0.39, 0.29) is 5.70 Å². The van der Waals surface area contributed by atoms with Crippen LogP contribution in [0.2, 0.25) is 0 Å². The Bertz CT molecular complexity index is 416. The van der Waals surface area contributed by atoms with E-state index in [1.807, 2.05) is 0 Å². The average molecular weight is 273 g/mol. The molecule has 0 aromatic rings. The Morgan fingerprint density at radius 2 is 2.05 bits per heavy atom. The van der Waals surface area contributed by atoms with Crippen molar-refractivity contribution in [2.24, 2.45) is 0 Å². The van der Waals surface area contributed by atoms with Gasteiger partial charge in [-0.25, -0.2) is 14.5 Å². The van der Waals surface area contributed by atoms with Crippen LogP contribution in [0, 0.1) is 0 Å². The highest BCUT2D eigenvalue weighted by atomic mass is 16.8. The fourth-order valence-corrected chi connectivity index (χ4v) is 1.82. The van der Waals surface area contributed by atoms with Crippen LogP contribution in [0.25, 0.3) is 0 Å². The molecular weight excluding hydrogens is 254 g/mol. The highest BCUT2D eigenvalue weighted by Crippen LogP contribution is 2.40. The molecule has 1 heterocycles. The van der Waals surface area contributed by atoms with E-state index >= 15 is 0 Å². The molecule has 0 spiro atoms. The molecule has 0 unspecified atom stereocenters. The number of rotatable bonds is 4. The van der Waals surface area contributed by atoms with Gasteiger partial charge in [-0.3, -0.25) is 0 Å². The normalized spacial score (nSPS) is 31.4. The molecule has 0 aromatic carbocycles. The van der Waals surface area contributed by atoms with Gasteiger partial charge in [-0.2, -0.15) is 0 Å². The Labute approximate surface area is 111 Å². The van der Waals surface area contributed by atoms with E-state index in [0.717, 1.165) is 4.90 Å². The molecule has 0 saturated carbocycles. The first-order valence-corrected chi connectivity index (χ1v) is 5.84. The second kappa shape index (κ2) is 5.18. The number of hydrogen-bond acceptors (Lipinski definition) is 6. The van der Waals surface area contributed by atoms with E-state index in [4.69, 9.17) is 9.47 Å². The van der Waals surface area contributed by atoms with Crippen molar-refractivity contribution in [3.8, 4) is 0 Å². The van der Waals surface area contributed by atoms with Gasteiger partial charge in [-0.1, -0.05) is 13.0 Å². The van der Waals surface area contributed by atoms with Gasteiger partial charge in [-0.15, -0.1) is 0 Å². The lowest BCUT2D eigenvalue weighted by atomic mass is 10.1. The summed E-state index contributed by atoms with van der Waals surface area (Å²) in [6.45, 7) is 4.52. The second-order valence-electron chi connectivity index (χ2n) is 4.36. The number of nitrogens with zero attached hydrogens (tertiary/aromatic N) is 1. The zero-order valence-electron chi connectivity index (χ0n) is 11.7. The molecule has 1 aliphatic heterocycles. The third kappa shape index (κ3) is 2.31. The van der Waals surface area contributed by atoms with Gasteiger partial charge >= 0.3 is 12.1 Å². The number of carbonyl (C=O) groups excluding carboxylic acids is 2. The third-order valence-corrected chi connectivity index (χ3v) is 3.18. The zero-order chi connectivity index (χ0) is 14.8. The van der Waals surface area contributed by atoms with Crippen LogP contribution < -0.4 is 0 Å². The van der Waals surface area contributed by atoms with Crippen molar-refractivity contribution in [3.63, 3.8) is 0 Å². The van der Waals surface area contributed by atoms with Gasteiger partial charge in [0, 0.05) is 14.0 Å². The van der Waals surface area contributed by atoms with Gasteiger partial charge in [0.25, 0.3) is 5.79 Å². The molecule has 0 radical (unpaired) electrons. The fourth-order valence-electron chi connectivity index (χ4n) is 1.82. The van der Waals surface area contributed by atoms with Crippen LogP contribution in [0.15, 0.2) is 11.8 Å². The molecule has 1 aliphatic rings. The molecule has 0 bridgehead atoms. The molecule has 7 nitrogen and oxygen atoms in total. The average Bonchev–Trinajstić information content (AvgIpc) is 2.53. The number of carbonyl (C=O) groups is 2. The van der Waals surface area contributed by atoms with Gasteiger partial charge in [0.2, 0.25) is 5.72 Å². The first-order valence-electron chi connectivity index (χ1n) is 5.84. The summed E-state index contributed by atoms with van der Waals surface area (Å²) in [6.07, 6.45) is 1.08. The number of cyclic esters (lactones) is 1. The zero-order valence-corrected chi connectivity index (χ0v) is 11.7. The molecule has 1 saturated heterocycles. The minimum atomic E-state index is -1.84. The van der Waals surface area contributed by atoms with E-state index in [0.29, 0.717) is 6.42 Å². The Kier molecular flexibility index (Phi) is 4.21. The molecule has 1 rings (SSSR count). The van der Waals surface area contributed by atoms with Gasteiger partial charge in [-0.05, 0) is 13.3 Å². The lowest BCUT2D eigenvalue weighted by Gasteiger charge is -2.35. The molecule has 19 heavy (non-hydrogen) atoms. The van der Waals surface area contributed by atoms with Gasteiger partial charge < -0.3 is 19.3 Å².